The fourth-order valence-corrected chi connectivity index (χ4v) is 2.44. The molecule has 1 heterocycles. The molecule has 0 bridgehead atoms. The highest BCUT2D eigenvalue weighted by molar-refractivity contribution is 6.29. The molecule has 2 unspecified atom stereocenters. The van der Waals surface area contributed by atoms with Crippen LogP contribution in [0.5, 0.6) is 0 Å². The van der Waals surface area contributed by atoms with E-state index < -0.39 is 11.7 Å². The zero-order chi connectivity index (χ0) is 14.0. The predicted octanol–water partition coefficient (Wildman–Crippen LogP) is 3.73. The van der Waals surface area contributed by atoms with Crippen molar-refractivity contribution >= 4 is 17.4 Å². The SMILES string of the molecule is COC1CCC(Nc2cc(C(F)(F)F)cc(Cl)n2)C1. The lowest BCUT2D eigenvalue weighted by Gasteiger charge is -2.15. The number of hydrogen-bond donors (Lipinski definition) is 1. The summed E-state index contributed by atoms with van der Waals surface area (Å²) in [7, 11) is 1.63. The summed E-state index contributed by atoms with van der Waals surface area (Å²) in [5, 5.41) is 2.81. The van der Waals surface area contributed by atoms with Crippen LogP contribution in [0.4, 0.5) is 19.0 Å². The Morgan fingerprint density at radius 1 is 1.37 bits per heavy atom. The van der Waals surface area contributed by atoms with Gasteiger partial charge in [0.05, 0.1) is 11.7 Å². The van der Waals surface area contributed by atoms with Gasteiger partial charge in [-0.15, -0.1) is 0 Å². The second-order valence-electron chi connectivity index (χ2n) is 4.57. The average molecular weight is 295 g/mol. The van der Waals surface area contributed by atoms with Crippen LogP contribution < -0.4 is 5.32 Å². The Hall–Kier alpha value is -1.01. The second kappa shape index (κ2) is 5.54. The summed E-state index contributed by atoms with van der Waals surface area (Å²) in [6.07, 6.45) is -1.78. The summed E-state index contributed by atoms with van der Waals surface area (Å²) in [6.45, 7) is 0. The van der Waals surface area contributed by atoms with Crippen molar-refractivity contribution in [2.24, 2.45) is 0 Å². The Balaban J connectivity index is 2.11. The van der Waals surface area contributed by atoms with Gasteiger partial charge in [0.15, 0.2) is 0 Å². The minimum atomic E-state index is -4.42. The van der Waals surface area contributed by atoms with E-state index in [1.54, 1.807) is 7.11 Å². The van der Waals surface area contributed by atoms with Crippen molar-refractivity contribution < 1.29 is 17.9 Å². The van der Waals surface area contributed by atoms with Crippen LogP contribution in [0.15, 0.2) is 12.1 Å². The number of aromatic nitrogens is 1. The number of methoxy groups -OCH3 is 1. The molecule has 0 aromatic carbocycles. The third-order valence-electron chi connectivity index (χ3n) is 3.19. The number of halogens is 4. The van der Waals surface area contributed by atoms with Crippen LogP contribution in [0.3, 0.4) is 0 Å². The number of rotatable bonds is 3. The van der Waals surface area contributed by atoms with E-state index in [-0.39, 0.29) is 23.1 Å². The highest BCUT2D eigenvalue weighted by Gasteiger charge is 2.32. The predicted molar refractivity (Wildman–Crippen MR) is 66.3 cm³/mol. The molecule has 2 rings (SSSR count). The molecule has 0 aliphatic heterocycles. The molecule has 3 nitrogen and oxygen atoms in total. The molecule has 19 heavy (non-hydrogen) atoms. The molecule has 0 spiro atoms. The van der Waals surface area contributed by atoms with Crippen molar-refractivity contribution in [3.63, 3.8) is 0 Å². The van der Waals surface area contributed by atoms with E-state index in [9.17, 15) is 13.2 Å². The first-order chi connectivity index (χ1) is 8.88. The summed E-state index contributed by atoms with van der Waals surface area (Å²) < 4.78 is 43.1. The molecule has 1 aromatic heterocycles. The van der Waals surface area contributed by atoms with Gasteiger partial charge in [-0.05, 0) is 31.4 Å². The lowest BCUT2D eigenvalue weighted by Crippen LogP contribution is -2.18. The van der Waals surface area contributed by atoms with Crippen molar-refractivity contribution in [1.82, 2.24) is 4.98 Å². The third-order valence-corrected chi connectivity index (χ3v) is 3.38. The van der Waals surface area contributed by atoms with Crippen molar-refractivity contribution in [3.8, 4) is 0 Å². The number of hydrogen-bond acceptors (Lipinski definition) is 3. The first-order valence-corrected chi connectivity index (χ1v) is 6.30. The van der Waals surface area contributed by atoms with E-state index in [1.165, 1.54) is 0 Å². The molecule has 1 fully saturated rings. The summed E-state index contributed by atoms with van der Waals surface area (Å²) in [4.78, 5) is 3.88. The summed E-state index contributed by atoms with van der Waals surface area (Å²) in [5.41, 5.74) is -0.795. The average Bonchev–Trinajstić information content (AvgIpc) is 2.75. The fourth-order valence-electron chi connectivity index (χ4n) is 2.23. The molecule has 1 aromatic rings. The molecule has 2 atom stereocenters. The van der Waals surface area contributed by atoms with Crippen LogP contribution in [-0.4, -0.2) is 24.2 Å². The van der Waals surface area contributed by atoms with Crippen LogP contribution in [0.25, 0.3) is 0 Å². The van der Waals surface area contributed by atoms with Crippen LogP contribution in [0.2, 0.25) is 5.15 Å². The van der Waals surface area contributed by atoms with E-state index in [0.29, 0.717) is 0 Å². The van der Waals surface area contributed by atoms with Gasteiger partial charge in [-0.3, -0.25) is 0 Å². The minimum Gasteiger partial charge on any atom is -0.381 e. The Labute approximate surface area is 114 Å². The minimum absolute atomic E-state index is 0.0667. The highest BCUT2D eigenvalue weighted by atomic mass is 35.5. The van der Waals surface area contributed by atoms with E-state index in [2.05, 4.69) is 10.3 Å². The first kappa shape index (κ1) is 14.4. The number of ether oxygens (including phenoxy) is 1. The zero-order valence-electron chi connectivity index (χ0n) is 10.3. The molecule has 7 heteroatoms. The van der Waals surface area contributed by atoms with Crippen molar-refractivity contribution in [2.75, 3.05) is 12.4 Å². The molecule has 1 aliphatic carbocycles. The Morgan fingerprint density at radius 2 is 2.11 bits per heavy atom. The largest absolute Gasteiger partial charge is 0.416 e. The van der Waals surface area contributed by atoms with Crippen molar-refractivity contribution in [2.45, 2.75) is 37.6 Å². The van der Waals surface area contributed by atoms with Gasteiger partial charge in [0, 0.05) is 13.2 Å². The number of nitrogens with zero attached hydrogens (tertiary/aromatic N) is 1. The maximum atomic E-state index is 12.6. The van der Waals surface area contributed by atoms with Gasteiger partial charge in [-0.2, -0.15) is 13.2 Å². The molecular weight excluding hydrogens is 281 g/mol. The molecule has 106 valence electrons. The van der Waals surface area contributed by atoms with E-state index in [1.807, 2.05) is 0 Å². The first-order valence-electron chi connectivity index (χ1n) is 5.92. The molecule has 0 saturated heterocycles. The Morgan fingerprint density at radius 3 is 2.68 bits per heavy atom. The molecule has 0 radical (unpaired) electrons. The second-order valence-corrected chi connectivity index (χ2v) is 4.96. The topological polar surface area (TPSA) is 34.1 Å². The van der Waals surface area contributed by atoms with E-state index in [0.717, 1.165) is 31.4 Å². The van der Waals surface area contributed by atoms with E-state index >= 15 is 0 Å². The fraction of sp³-hybridized carbons (Fsp3) is 0.583. The van der Waals surface area contributed by atoms with Crippen LogP contribution in [0, 0.1) is 0 Å². The summed E-state index contributed by atoms with van der Waals surface area (Å²) in [5.74, 6) is 0.154. The summed E-state index contributed by atoms with van der Waals surface area (Å²) in [6, 6.07) is 1.86. The molecule has 0 amide bonds. The lowest BCUT2D eigenvalue weighted by molar-refractivity contribution is -0.137. The Kier molecular flexibility index (Phi) is 4.20. The van der Waals surface area contributed by atoms with Crippen LogP contribution in [0.1, 0.15) is 24.8 Å². The monoisotopic (exact) mass is 294 g/mol. The number of anilines is 1. The zero-order valence-corrected chi connectivity index (χ0v) is 11.1. The number of alkyl halides is 3. The van der Waals surface area contributed by atoms with Gasteiger partial charge in [-0.25, -0.2) is 4.98 Å². The van der Waals surface area contributed by atoms with Crippen molar-refractivity contribution in [1.29, 1.82) is 0 Å². The molecule has 1 saturated carbocycles. The van der Waals surface area contributed by atoms with Crippen LogP contribution >= 0.6 is 11.6 Å². The Bertz CT molecular complexity index is 453. The van der Waals surface area contributed by atoms with E-state index in [4.69, 9.17) is 16.3 Å². The molecule has 1 aliphatic rings. The maximum Gasteiger partial charge on any atom is 0.416 e. The van der Waals surface area contributed by atoms with Gasteiger partial charge >= 0.3 is 6.18 Å². The van der Waals surface area contributed by atoms with Gasteiger partial charge < -0.3 is 10.1 Å². The van der Waals surface area contributed by atoms with Gasteiger partial charge in [0.2, 0.25) is 0 Å². The molecular formula is C12H14ClF3N2O. The number of pyridine rings is 1. The quantitative estimate of drug-likeness (QED) is 0.863. The summed E-state index contributed by atoms with van der Waals surface area (Å²) >= 11 is 5.62. The standard InChI is InChI=1S/C12H14ClF3N2O/c1-19-9-3-2-8(6-9)17-11-5-7(12(14,15)16)4-10(13)18-11/h4-5,8-9H,2-3,6H2,1H3,(H,17,18). The van der Waals surface area contributed by atoms with Gasteiger partial charge in [-0.1, -0.05) is 11.6 Å². The van der Waals surface area contributed by atoms with Crippen molar-refractivity contribution in [3.05, 3.63) is 22.8 Å². The third kappa shape index (κ3) is 3.73. The highest BCUT2D eigenvalue weighted by Crippen LogP contribution is 2.33. The van der Waals surface area contributed by atoms with Gasteiger partial charge in [0.1, 0.15) is 11.0 Å². The van der Waals surface area contributed by atoms with Crippen LogP contribution in [-0.2, 0) is 10.9 Å². The molecule has 1 N–H and O–H groups in total. The normalized spacial score (nSPS) is 23.6. The van der Waals surface area contributed by atoms with Gasteiger partial charge in [0.25, 0.3) is 0 Å². The smallest absolute Gasteiger partial charge is 0.381 e. The lowest BCUT2D eigenvalue weighted by atomic mass is 10.2. The maximum absolute atomic E-state index is 12.6. The number of nitrogens with one attached hydrogen (secondary N) is 1.